The lowest BCUT2D eigenvalue weighted by Crippen LogP contribution is -2.45. The van der Waals surface area contributed by atoms with Gasteiger partial charge in [-0.2, -0.15) is 0 Å². The van der Waals surface area contributed by atoms with Gasteiger partial charge in [-0.3, -0.25) is 9.59 Å². The molecular weight excluding hydrogens is 222 g/mol. The van der Waals surface area contributed by atoms with E-state index in [2.05, 4.69) is 5.32 Å². The molecule has 0 spiro atoms. The van der Waals surface area contributed by atoms with Crippen LogP contribution in [0.4, 0.5) is 0 Å². The summed E-state index contributed by atoms with van der Waals surface area (Å²) >= 11 is 1.17. The predicted octanol–water partition coefficient (Wildman–Crippen LogP) is 2.45. The Balaban J connectivity index is 4.55. The van der Waals surface area contributed by atoms with Gasteiger partial charge in [0.1, 0.15) is 0 Å². The summed E-state index contributed by atoms with van der Waals surface area (Å²) in [6, 6.07) is -0.360. The molecule has 0 aromatic heterocycles. The van der Waals surface area contributed by atoms with Crippen molar-refractivity contribution in [2.45, 2.75) is 47.1 Å². The first-order valence-electron chi connectivity index (χ1n) is 5.57. The van der Waals surface area contributed by atoms with Crippen LogP contribution in [-0.2, 0) is 9.59 Å². The summed E-state index contributed by atoms with van der Waals surface area (Å²) in [6.45, 7) is 9.63. The number of rotatable bonds is 4. The fraction of sp³-hybridized carbons (Fsp3) is 0.833. The molecule has 0 fully saturated rings. The minimum atomic E-state index is -0.450. The second kappa shape index (κ2) is 6.28. The molecule has 0 aliphatic rings. The van der Waals surface area contributed by atoms with Gasteiger partial charge in [0.25, 0.3) is 0 Å². The Kier molecular flexibility index (Phi) is 6.08. The molecule has 1 atom stereocenters. The molecular formula is C12H23NO2S. The standard InChI is InChI=1S/C12H23NO2S/c1-8(2)7-9(10(14)16-6)13-11(15)12(3,4)5/h8-9H,7H2,1-6H3,(H,13,15)/t9-/m0/s1. The van der Waals surface area contributed by atoms with Gasteiger partial charge in [0.05, 0.1) is 6.04 Å². The summed E-state index contributed by atoms with van der Waals surface area (Å²) in [6.07, 6.45) is 2.44. The molecule has 94 valence electrons. The van der Waals surface area contributed by atoms with Crippen LogP contribution in [0.2, 0.25) is 0 Å². The third-order valence-corrected chi connectivity index (χ3v) is 2.87. The number of carbonyl (C=O) groups excluding carboxylic acids is 2. The topological polar surface area (TPSA) is 46.2 Å². The van der Waals surface area contributed by atoms with E-state index in [1.54, 1.807) is 6.26 Å². The minimum absolute atomic E-state index is 0.0336. The zero-order chi connectivity index (χ0) is 12.9. The van der Waals surface area contributed by atoms with Gasteiger partial charge in [-0.05, 0) is 18.6 Å². The van der Waals surface area contributed by atoms with Crippen molar-refractivity contribution in [3.05, 3.63) is 0 Å². The monoisotopic (exact) mass is 245 g/mol. The summed E-state index contributed by atoms with van der Waals surface area (Å²) in [5.74, 6) is 0.321. The lowest BCUT2D eigenvalue weighted by Gasteiger charge is -2.24. The number of hydrogen-bond acceptors (Lipinski definition) is 3. The van der Waals surface area contributed by atoms with E-state index in [0.29, 0.717) is 12.3 Å². The zero-order valence-electron chi connectivity index (χ0n) is 11.1. The van der Waals surface area contributed by atoms with Gasteiger partial charge in [-0.25, -0.2) is 0 Å². The van der Waals surface area contributed by atoms with Crippen molar-refractivity contribution in [2.75, 3.05) is 6.26 Å². The molecule has 0 unspecified atom stereocenters. The van der Waals surface area contributed by atoms with Crippen molar-refractivity contribution < 1.29 is 9.59 Å². The molecule has 0 aliphatic carbocycles. The van der Waals surface area contributed by atoms with Crippen LogP contribution in [0.1, 0.15) is 41.0 Å². The first-order valence-corrected chi connectivity index (χ1v) is 6.79. The highest BCUT2D eigenvalue weighted by Gasteiger charge is 2.27. The molecule has 16 heavy (non-hydrogen) atoms. The van der Waals surface area contributed by atoms with E-state index >= 15 is 0 Å². The maximum Gasteiger partial charge on any atom is 0.225 e. The van der Waals surface area contributed by atoms with Gasteiger partial charge in [0.2, 0.25) is 11.0 Å². The average Bonchev–Trinajstić information content (AvgIpc) is 2.13. The largest absolute Gasteiger partial charge is 0.345 e. The Bertz CT molecular complexity index is 256. The SMILES string of the molecule is CSC(=O)[C@H](CC(C)C)NC(=O)C(C)(C)C. The molecule has 0 saturated carbocycles. The molecule has 1 N–H and O–H groups in total. The van der Waals surface area contributed by atoms with Crippen LogP contribution in [0.15, 0.2) is 0 Å². The average molecular weight is 245 g/mol. The van der Waals surface area contributed by atoms with Crippen molar-refractivity contribution in [1.82, 2.24) is 5.32 Å². The molecule has 0 aromatic rings. The molecule has 1 amide bonds. The number of amides is 1. The van der Waals surface area contributed by atoms with Crippen molar-refractivity contribution >= 4 is 22.8 Å². The summed E-state index contributed by atoms with van der Waals surface area (Å²) in [5.41, 5.74) is -0.450. The highest BCUT2D eigenvalue weighted by molar-refractivity contribution is 8.13. The Morgan fingerprint density at radius 2 is 1.75 bits per heavy atom. The van der Waals surface area contributed by atoms with Gasteiger partial charge in [0.15, 0.2) is 0 Å². The Morgan fingerprint density at radius 3 is 2.06 bits per heavy atom. The molecule has 4 heteroatoms. The maximum atomic E-state index is 11.8. The second-order valence-electron chi connectivity index (χ2n) is 5.43. The quantitative estimate of drug-likeness (QED) is 0.827. The van der Waals surface area contributed by atoms with Gasteiger partial charge < -0.3 is 5.32 Å². The fourth-order valence-electron chi connectivity index (χ4n) is 1.20. The first-order chi connectivity index (χ1) is 7.18. The summed E-state index contributed by atoms with van der Waals surface area (Å²) < 4.78 is 0. The summed E-state index contributed by atoms with van der Waals surface area (Å²) in [4.78, 5) is 23.5. The molecule has 0 rings (SSSR count). The number of thioether (sulfide) groups is 1. The smallest absolute Gasteiger partial charge is 0.225 e. The minimum Gasteiger partial charge on any atom is -0.345 e. The van der Waals surface area contributed by atoms with Crippen LogP contribution in [0, 0.1) is 11.3 Å². The van der Waals surface area contributed by atoms with E-state index in [9.17, 15) is 9.59 Å². The van der Waals surface area contributed by atoms with Crippen LogP contribution < -0.4 is 5.32 Å². The normalized spacial score (nSPS) is 13.7. The molecule has 0 heterocycles. The van der Waals surface area contributed by atoms with Crippen molar-refractivity contribution in [3.63, 3.8) is 0 Å². The maximum absolute atomic E-state index is 11.8. The lowest BCUT2D eigenvalue weighted by atomic mass is 9.94. The van der Waals surface area contributed by atoms with E-state index in [0.717, 1.165) is 0 Å². The number of carbonyl (C=O) groups is 2. The number of hydrogen-bond donors (Lipinski definition) is 1. The van der Waals surface area contributed by atoms with Gasteiger partial charge >= 0.3 is 0 Å². The van der Waals surface area contributed by atoms with Crippen LogP contribution in [0.5, 0.6) is 0 Å². The second-order valence-corrected chi connectivity index (χ2v) is 6.24. The molecule has 0 radical (unpaired) electrons. The van der Waals surface area contributed by atoms with Crippen LogP contribution >= 0.6 is 11.8 Å². The summed E-state index contributed by atoms with van der Waals surface area (Å²) in [7, 11) is 0. The van der Waals surface area contributed by atoms with Gasteiger partial charge in [-0.15, -0.1) is 0 Å². The number of nitrogens with one attached hydrogen (secondary N) is 1. The first kappa shape index (κ1) is 15.5. The highest BCUT2D eigenvalue weighted by Crippen LogP contribution is 2.16. The Hall–Kier alpha value is -0.510. The third-order valence-electron chi connectivity index (χ3n) is 2.18. The fourth-order valence-corrected chi connectivity index (χ4v) is 1.64. The lowest BCUT2D eigenvalue weighted by molar-refractivity contribution is -0.131. The van der Waals surface area contributed by atoms with E-state index in [1.807, 2.05) is 34.6 Å². The molecule has 3 nitrogen and oxygen atoms in total. The van der Waals surface area contributed by atoms with E-state index in [1.165, 1.54) is 11.8 Å². The van der Waals surface area contributed by atoms with E-state index < -0.39 is 5.41 Å². The van der Waals surface area contributed by atoms with Crippen molar-refractivity contribution in [3.8, 4) is 0 Å². The molecule has 0 saturated heterocycles. The van der Waals surface area contributed by atoms with Gasteiger partial charge in [-0.1, -0.05) is 46.4 Å². The molecule has 0 bridgehead atoms. The summed E-state index contributed by atoms with van der Waals surface area (Å²) in [5, 5.41) is 2.86. The van der Waals surface area contributed by atoms with E-state index in [-0.39, 0.29) is 17.1 Å². The molecule has 0 aliphatic heterocycles. The van der Waals surface area contributed by atoms with Crippen LogP contribution in [0.25, 0.3) is 0 Å². The zero-order valence-corrected chi connectivity index (χ0v) is 11.9. The van der Waals surface area contributed by atoms with Crippen LogP contribution in [-0.4, -0.2) is 23.3 Å². The van der Waals surface area contributed by atoms with Crippen molar-refractivity contribution in [2.24, 2.45) is 11.3 Å². The third kappa shape index (κ3) is 5.54. The van der Waals surface area contributed by atoms with E-state index in [4.69, 9.17) is 0 Å². The van der Waals surface area contributed by atoms with Crippen LogP contribution in [0.3, 0.4) is 0 Å². The Morgan fingerprint density at radius 1 is 1.25 bits per heavy atom. The van der Waals surface area contributed by atoms with Crippen molar-refractivity contribution in [1.29, 1.82) is 0 Å². The predicted molar refractivity (Wildman–Crippen MR) is 69.4 cm³/mol. The van der Waals surface area contributed by atoms with Gasteiger partial charge in [0, 0.05) is 5.41 Å². The molecule has 0 aromatic carbocycles. The Labute approximate surface area is 103 Å². The highest BCUT2D eigenvalue weighted by atomic mass is 32.2.